The summed E-state index contributed by atoms with van der Waals surface area (Å²) in [6.07, 6.45) is 2.21. The fourth-order valence-corrected chi connectivity index (χ4v) is 4.92. The van der Waals surface area contributed by atoms with Crippen molar-refractivity contribution in [2.75, 3.05) is 33.2 Å². The lowest BCUT2D eigenvalue weighted by molar-refractivity contribution is 0.147. The molecule has 1 fully saturated rings. The molecule has 5 nitrogen and oxygen atoms in total. The van der Waals surface area contributed by atoms with Crippen LogP contribution in [0.3, 0.4) is 0 Å². The second-order valence-electron chi connectivity index (χ2n) is 8.27. The van der Waals surface area contributed by atoms with Crippen LogP contribution in [0.25, 0.3) is 27.3 Å². The molecule has 0 amide bonds. The highest BCUT2D eigenvalue weighted by molar-refractivity contribution is 7.16. The molecule has 0 unspecified atom stereocenters. The maximum Gasteiger partial charge on any atom is 0.137 e. The van der Waals surface area contributed by atoms with Gasteiger partial charge in [0.15, 0.2) is 0 Å². The van der Waals surface area contributed by atoms with Gasteiger partial charge in [-0.15, -0.1) is 11.3 Å². The van der Waals surface area contributed by atoms with Crippen LogP contribution >= 0.6 is 11.3 Å². The first kappa shape index (κ1) is 20.0. The van der Waals surface area contributed by atoms with Gasteiger partial charge in [-0.1, -0.05) is 29.8 Å². The zero-order valence-electron chi connectivity index (χ0n) is 17.9. The molecule has 0 spiro atoms. The number of pyridine rings is 1. The number of imidazole rings is 1. The van der Waals surface area contributed by atoms with Gasteiger partial charge in [0.1, 0.15) is 22.3 Å². The summed E-state index contributed by atoms with van der Waals surface area (Å²) in [5.74, 6) is 0. The number of nitriles is 1. The van der Waals surface area contributed by atoms with E-state index in [9.17, 15) is 5.26 Å². The number of benzene rings is 1. The van der Waals surface area contributed by atoms with Crippen LogP contribution in [0.1, 0.15) is 16.1 Å². The van der Waals surface area contributed by atoms with Gasteiger partial charge in [-0.05, 0) is 49.4 Å². The standard InChI is InChI=1S/C25H25N5S/c1-18-3-5-19(6-4-18)20-7-10-24-27-25(23-9-8-21(15-26)31-23)22(30(24)16-20)17-29-13-11-28(2)12-14-29/h3-10,16H,11-14,17H2,1-2H3. The fourth-order valence-electron chi connectivity index (χ4n) is 4.10. The summed E-state index contributed by atoms with van der Waals surface area (Å²) in [6, 6.07) is 19.1. The number of piperazine rings is 1. The number of aryl methyl sites for hydroxylation is 1. The average molecular weight is 428 g/mol. The van der Waals surface area contributed by atoms with Crippen molar-refractivity contribution in [3.63, 3.8) is 0 Å². The molecule has 0 N–H and O–H groups in total. The Hall–Kier alpha value is -2.98. The minimum atomic E-state index is 0.720. The zero-order chi connectivity index (χ0) is 21.4. The van der Waals surface area contributed by atoms with E-state index in [1.807, 2.05) is 12.1 Å². The van der Waals surface area contributed by atoms with Crippen molar-refractivity contribution in [1.29, 1.82) is 5.26 Å². The van der Waals surface area contributed by atoms with Gasteiger partial charge in [-0.25, -0.2) is 4.98 Å². The third kappa shape index (κ3) is 4.00. The largest absolute Gasteiger partial charge is 0.304 e. The van der Waals surface area contributed by atoms with Crippen molar-refractivity contribution < 1.29 is 0 Å². The molecule has 4 aromatic rings. The number of hydrogen-bond acceptors (Lipinski definition) is 5. The molecule has 5 rings (SSSR count). The van der Waals surface area contributed by atoms with E-state index in [4.69, 9.17) is 4.98 Å². The number of rotatable bonds is 4. The van der Waals surface area contributed by atoms with Crippen molar-refractivity contribution in [1.82, 2.24) is 19.2 Å². The van der Waals surface area contributed by atoms with Crippen LogP contribution in [-0.2, 0) is 6.54 Å². The lowest BCUT2D eigenvalue weighted by Gasteiger charge is -2.32. The van der Waals surface area contributed by atoms with E-state index >= 15 is 0 Å². The van der Waals surface area contributed by atoms with E-state index in [0.717, 1.165) is 53.8 Å². The highest BCUT2D eigenvalue weighted by Gasteiger charge is 2.21. The second kappa shape index (κ2) is 8.27. The minimum absolute atomic E-state index is 0.720. The van der Waals surface area contributed by atoms with Crippen LogP contribution in [0.4, 0.5) is 0 Å². The molecule has 0 aliphatic carbocycles. The van der Waals surface area contributed by atoms with Crippen molar-refractivity contribution in [3.8, 4) is 27.8 Å². The average Bonchev–Trinajstić information content (AvgIpc) is 3.40. The summed E-state index contributed by atoms with van der Waals surface area (Å²) in [4.78, 5) is 11.6. The highest BCUT2D eigenvalue weighted by Crippen LogP contribution is 2.32. The lowest BCUT2D eigenvalue weighted by atomic mass is 10.1. The van der Waals surface area contributed by atoms with Crippen LogP contribution in [0.5, 0.6) is 0 Å². The number of fused-ring (bicyclic) bond motifs is 1. The highest BCUT2D eigenvalue weighted by atomic mass is 32.1. The molecule has 1 aliphatic rings. The molecule has 156 valence electrons. The Morgan fingerprint density at radius 1 is 0.968 bits per heavy atom. The van der Waals surface area contributed by atoms with Crippen LogP contribution in [-0.4, -0.2) is 52.4 Å². The molecule has 0 saturated carbocycles. The van der Waals surface area contributed by atoms with Gasteiger partial charge in [0, 0.05) is 38.9 Å². The SMILES string of the molecule is Cc1ccc(-c2ccc3nc(-c4ccc(C#N)s4)c(CN4CCN(C)CC4)n3c2)cc1. The van der Waals surface area contributed by atoms with Gasteiger partial charge in [0.25, 0.3) is 0 Å². The maximum atomic E-state index is 9.30. The molecule has 31 heavy (non-hydrogen) atoms. The lowest BCUT2D eigenvalue weighted by Crippen LogP contribution is -2.44. The minimum Gasteiger partial charge on any atom is -0.304 e. The monoisotopic (exact) mass is 427 g/mol. The number of nitrogens with zero attached hydrogens (tertiary/aromatic N) is 5. The van der Waals surface area contributed by atoms with Gasteiger partial charge >= 0.3 is 0 Å². The normalized spacial score (nSPS) is 15.4. The first-order valence-corrected chi connectivity index (χ1v) is 11.4. The van der Waals surface area contributed by atoms with Crippen LogP contribution < -0.4 is 0 Å². The first-order chi connectivity index (χ1) is 15.1. The Labute approximate surface area is 186 Å². The second-order valence-corrected chi connectivity index (χ2v) is 9.36. The Bertz CT molecular complexity index is 1250. The Morgan fingerprint density at radius 3 is 2.42 bits per heavy atom. The van der Waals surface area contributed by atoms with Gasteiger partial charge in [-0.2, -0.15) is 5.26 Å². The van der Waals surface area contributed by atoms with Crippen molar-refractivity contribution in [2.24, 2.45) is 0 Å². The summed E-state index contributed by atoms with van der Waals surface area (Å²) in [7, 11) is 2.18. The Kier molecular flexibility index (Phi) is 5.33. The van der Waals surface area contributed by atoms with Gasteiger partial charge in [0.2, 0.25) is 0 Å². The Balaban J connectivity index is 1.60. The zero-order valence-corrected chi connectivity index (χ0v) is 18.7. The molecule has 6 heteroatoms. The predicted molar refractivity (Wildman–Crippen MR) is 126 cm³/mol. The predicted octanol–water partition coefficient (Wildman–Crippen LogP) is 4.66. The quantitative estimate of drug-likeness (QED) is 0.475. The molecule has 3 aromatic heterocycles. The van der Waals surface area contributed by atoms with E-state index < -0.39 is 0 Å². The van der Waals surface area contributed by atoms with Crippen molar-refractivity contribution in [3.05, 3.63) is 70.9 Å². The van der Waals surface area contributed by atoms with E-state index in [1.54, 1.807) is 0 Å². The topological polar surface area (TPSA) is 47.6 Å². The summed E-state index contributed by atoms with van der Waals surface area (Å²) in [5.41, 5.74) is 6.78. The van der Waals surface area contributed by atoms with Gasteiger partial charge in [-0.3, -0.25) is 4.90 Å². The smallest absolute Gasteiger partial charge is 0.137 e. The third-order valence-electron chi connectivity index (χ3n) is 6.02. The first-order valence-electron chi connectivity index (χ1n) is 10.6. The molecule has 1 aliphatic heterocycles. The van der Waals surface area contributed by atoms with Crippen molar-refractivity contribution >= 4 is 17.0 Å². The molecule has 1 aromatic carbocycles. The van der Waals surface area contributed by atoms with E-state index in [0.29, 0.717) is 0 Å². The molecule has 0 bridgehead atoms. The van der Waals surface area contributed by atoms with E-state index in [1.165, 1.54) is 33.7 Å². The molecule has 0 radical (unpaired) electrons. The van der Waals surface area contributed by atoms with Gasteiger partial charge < -0.3 is 9.30 Å². The number of hydrogen-bond donors (Lipinski definition) is 0. The third-order valence-corrected chi connectivity index (χ3v) is 7.02. The summed E-state index contributed by atoms with van der Waals surface area (Å²) >= 11 is 1.52. The van der Waals surface area contributed by atoms with Crippen LogP contribution in [0.2, 0.25) is 0 Å². The van der Waals surface area contributed by atoms with E-state index in [2.05, 4.69) is 76.8 Å². The summed E-state index contributed by atoms with van der Waals surface area (Å²) < 4.78 is 2.24. The molecular weight excluding hydrogens is 402 g/mol. The number of aromatic nitrogens is 2. The molecule has 4 heterocycles. The van der Waals surface area contributed by atoms with Crippen molar-refractivity contribution in [2.45, 2.75) is 13.5 Å². The van der Waals surface area contributed by atoms with Crippen LogP contribution in [0.15, 0.2) is 54.7 Å². The van der Waals surface area contributed by atoms with Crippen LogP contribution in [0, 0.1) is 18.3 Å². The summed E-state index contributed by atoms with van der Waals surface area (Å²) in [5, 5.41) is 9.30. The van der Waals surface area contributed by atoms with E-state index in [-0.39, 0.29) is 0 Å². The number of likely N-dealkylation sites (N-methyl/N-ethyl adjacent to an activating group) is 1. The summed E-state index contributed by atoms with van der Waals surface area (Å²) in [6.45, 7) is 7.22. The molecule has 1 saturated heterocycles. The maximum absolute atomic E-state index is 9.30. The fraction of sp³-hybridized carbons (Fsp3) is 0.280. The van der Waals surface area contributed by atoms with Gasteiger partial charge in [0.05, 0.1) is 10.6 Å². The Morgan fingerprint density at radius 2 is 1.71 bits per heavy atom. The number of thiophene rings is 1. The molecular formula is C25H25N5S. The molecule has 0 atom stereocenters.